The first-order valence-electron chi connectivity index (χ1n) is 10.4. The lowest BCUT2D eigenvalue weighted by atomic mass is 9.95. The summed E-state index contributed by atoms with van der Waals surface area (Å²) in [4.78, 5) is 32.1. The molecule has 0 radical (unpaired) electrons. The number of thiazole rings is 1. The number of carboxylic acids is 1. The van der Waals surface area contributed by atoms with Crippen molar-refractivity contribution in [3.8, 4) is 5.75 Å². The van der Waals surface area contributed by atoms with Crippen LogP contribution in [-0.4, -0.2) is 40.0 Å². The zero-order chi connectivity index (χ0) is 22.2. The predicted octanol–water partition coefficient (Wildman–Crippen LogP) is 4.54. The molecule has 1 amide bonds. The maximum Gasteiger partial charge on any atom is 0.341 e. The number of nitrogens with zero attached hydrogens (tertiary/aromatic N) is 2. The molecule has 1 aliphatic heterocycles. The average molecular weight is 469 g/mol. The summed E-state index contributed by atoms with van der Waals surface area (Å²) in [5.41, 5.74) is 4.63. The van der Waals surface area contributed by atoms with Crippen LogP contribution in [0.2, 0.25) is 5.02 Å². The summed E-state index contributed by atoms with van der Waals surface area (Å²) < 4.78 is 5.58. The lowest BCUT2D eigenvalue weighted by molar-refractivity contribution is -0.139. The fourth-order valence-electron chi connectivity index (χ4n) is 4.49. The van der Waals surface area contributed by atoms with Gasteiger partial charge in [-0.2, -0.15) is 0 Å². The molecular formula is C24H21ClN2O4S. The largest absolute Gasteiger partial charge is 0.482 e. The minimum atomic E-state index is -1.07. The summed E-state index contributed by atoms with van der Waals surface area (Å²) in [6.45, 7) is 0.0761. The molecule has 3 aromatic rings. The SMILES string of the molecule is O=C(O)COc1ccc(Cl)cc1C1c2scnc2CCN1C(=O)[C@@H]1C[C@H]1c1ccccc1. The molecule has 6 nitrogen and oxygen atoms in total. The highest BCUT2D eigenvalue weighted by molar-refractivity contribution is 7.09. The van der Waals surface area contributed by atoms with Crippen molar-refractivity contribution in [2.75, 3.05) is 13.2 Å². The first kappa shape index (κ1) is 21.0. The Morgan fingerprint density at radius 3 is 2.81 bits per heavy atom. The number of rotatable bonds is 6. The highest BCUT2D eigenvalue weighted by Crippen LogP contribution is 2.51. The second-order valence-electron chi connectivity index (χ2n) is 8.07. The molecule has 1 fully saturated rings. The Bertz CT molecular complexity index is 1170. The Hall–Kier alpha value is -2.90. The van der Waals surface area contributed by atoms with Gasteiger partial charge in [-0.1, -0.05) is 41.9 Å². The van der Waals surface area contributed by atoms with Gasteiger partial charge in [0.05, 0.1) is 22.1 Å². The van der Waals surface area contributed by atoms with E-state index in [-0.39, 0.29) is 17.7 Å². The monoisotopic (exact) mass is 468 g/mol. The van der Waals surface area contributed by atoms with Gasteiger partial charge in [0, 0.05) is 29.5 Å². The number of aliphatic carboxylic acids is 1. The van der Waals surface area contributed by atoms with Crippen LogP contribution >= 0.6 is 22.9 Å². The standard InChI is InChI=1S/C24H21ClN2O4S/c25-15-6-7-20(31-12-21(28)29)18(10-15)22-23-19(26-13-32-23)8-9-27(22)24(30)17-11-16(17)14-4-2-1-3-5-14/h1-7,10,13,16-17,22H,8-9,11-12H2,(H,28,29)/t16-,17+,22?/m0/s1. The van der Waals surface area contributed by atoms with Crippen LogP contribution in [0.25, 0.3) is 0 Å². The van der Waals surface area contributed by atoms with Gasteiger partial charge in [0.25, 0.3) is 0 Å². The Morgan fingerprint density at radius 2 is 2.03 bits per heavy atom. The van der Waals surface area contributed by atoms with E-state index in [0.717, 1.165) is 17.0 Å². The van der Waals surface area contributed by atoms with Crippen LogP contribution in [-0.2, 0) is 16.0 Å². The molecule has 1 saturated carbocycles. The number of benzene rings is 2. The lowest BCUT2D eigenvalue weighted by Gasteiger charge is -2.36. The minimum Gasteiger partial charge on any atom is -0.482 e. The molecule has 1 unspecified atom stereocenters. The van der Waals surface area contributed by atoms with Crippen LogP contribution in [0.5, 0.6) is 5.75 Å². The van der Waals surface area contributed by atoms with Gasteiger partial charge in [-0.15, -0.1) is 11.3 Å². The fourth-order valence-corrected chi connectivity index (χ4v) is 5.63. The van der Waals surface area contributed by atoms with Crippen molar-refractivity contribution >= 4 is 34.8 Å². The summed E-state index contributed by atoms with van der Waals surface area (Å²) >= 11 is 7.82. The number of carbonyl (C=O) groups is 2. The van der Waals surface area contributed by atoms with Crippen molar-refractivity contribution in [1.82, 2.24) is 9.88 Å². The van der Waals surface area contributed by atoms with Crippen molar-refractivity contribution in [2.45, 2.75) is 24.8 Å². The zero-order valence-corrected chi connectivity index (χ0v) is 18.7. The summed E-state index contributed by atoms with van der Waals surface area (Å²) in [6.07, 6.45) is 1.52. The van der Waals surface area contributed by atoms with E-state index in [1.165, 1.54) is 16.9 Å². The molecule has 32 heavy (non-hydrogen) atoms. The maximum absolute atomic E-state index is 13.7. The van der Waals surface area contributed by atoms with Crippen LogP contribution in [0.3, 0.4) is 0 Å². The summed E-state index contributed by atoms with van der Waals surface area (Å²) in [5, 5.41) is 9.59. The van der Waals surface area contributed by atoms with Crippen molar-refractivity contribution in [3.05, 3.63) is 80.8 Å². The summed E-state index contributed by atoms with van der Waals surface area (Å²) in [5.74, 6) is -0.376. The van der Waals surface area contributed by atoms with E-state index in [1.54, 1.807) is 23.7 Å². The smallest absolute Gasteiger partial charge is 0.341 e. The number of carboxylic acid groups (broad SMARTS) is 1. The average Bonchev–Trinajstić information content (AvgIpc) is 3.46. The number of hydrogen-bond acceptors (Lipinski definition) is 5. The van der Waals surface area contributed by atoms with Crippen LogP contribution in [0, 0.1) is 5.92 Å². The van der Waals surface area contributed by atoms with E-state index < -0.39 is 18.6 Å². The third-order valence-electron chi connectivity index (χ3n) is 6.06. The molecule has 8 heteroatoms. The number of fused-ring (bicyclic) bond motifs is 1. The molecule has 0 saturated heterocycles. The van der Waals surface area contributed by atoms with Gasteiger partial charge in [0.1, 0.15) is 5.75 Å². The molecule has 0 spiro atoms. The highest BCUT2D eigenvalue weighted by atomic mass is 35.5. The zero-order valence-electron chi connectivity index (χ0n) is 17.1. The Balaban J connectivity index is 1.50. The number of ether oxygens (including phenoxy) is 1. The van der Waals surface area contributed by atoms with Gasteiger partial charge in [-0.05, 0) is 36.1 Å². The van der Waals surface area contributed by atoms with Crippen LogP contribution in [0.15, 0.2) is 54.0 Å². The second-order valence-corrected chi connectivity index (χ2v) is 9.39. The molecule has 2 aliphatic rings. The predicted molar refractivity (Wildman–Crippen MR) is 121 cm³/mol. The van der Waals surface area contributed by atoms with E-state index in [9.17, 15) is 9.59 Å². The van der Waals surface area contributed by atoms with Gasteiger partial charge in [-0.25, -0.2) is 9.78 Å². The Kier molecular flexibility index (Phi) is 5.61. The topological polar surface area (TPSA) is 79.7 Å². The number of aromatic nitrogens is 1. The van der Waals surface area contributed by atoms with Crippen LogP contribution in [0.4, 0.5) is 0 Å². The van der Waals surface area contributed by atoms with Crippen molar-refractivity contribution in [2.24, 2.45) is 5.92 Å². The molecule has 1 aromatic heterocycles. The number of amides is 1. The van der Waals surface area contributed by atoms with Crippen LogP contribution < -0.4 is 4.74 Å². The number of carbonyl (C=O) groups excluding carboxylic acids is 1. The van der Waals surface area contributed by atoms with E-state index in [0.29, 0.717) is 29.3 Å². The Morgan fingerprint density at radius 1 is 1.22 bits per heavy atom. The van der Waals surface area contributed by atoms with Gasteiger partial charge >= 0.3 is 5.97 Å². The second kappa shape index (κ2) is 8.56. The minimum absolute atomic E-state index is 0.0584. The van der Waals surface area contributed by atoms with E-state index >= 15 is 0 Å². The summed E-state index contributed by atoms with van der Waals surface area (Å²) in [6, 6.07) is 14.8. The third kappa shape index (κ3) is 3.98. The molecule has 0 bridgehead atoms. The molecule has 164 valence electrons. The molecular weight excluding hydrogens is 448 g/mol. The van der Waals surface area contributed by atoms with Gasteiger partial charge in [0.15, 0.2) is 6.61 Å². The quantitative estimate of drug-likeness (QED) is 0.574. The number of hydrogen-bond donors (Lipinski definition) is 1. The molecule has 5 rings (SSSR count). The first-order valence-corrected chi connectivity index (χ1v) is 11.7. The van der Waals surface area contributed by atoms with Crippen molar-refractivity contribution < 1.29 is 19.4 Å². The third-order valence-corrected chi connectivity index (χ3v) is 7.22. The van der Waals surface area contributed by atoms with Gasteiger partial charge in [-0.3, -0.25) is 4.79 Å². The number of halogens is 1. The van der Waals surface area contributed by atoms with Crippen LogP contribution in [0.1, 0.15) is 40.1 Å². The van der Waals surface area contributed by atoms with Gasteiger partial charge < -0.3 is 14.7 Å². The molecule has 2 aromatic carbocycles. The normalized spacial score (nSPS) is 21.7. The molecule has 1 aliphatic carbocycles. The highest BCUT2D eigenvalue weighted by Gasteiger charge is 2.48. The summed E-state index contributed by atoms with van der Waals surface area (Å²) in [7, 11) is 0. The molecule has 1 N–H and O–H groups in total. The van der Waals surface area contributed by atoms with Crippen molar-refractivity contribution in [3.63, 3.8) is 0 Å². The Labute approximate surface area is 194 Å². The van der Waals surface area contributed by atoms with Gasteiger partial charge in [0.2, 0.25) is 5.91 Å². The fraction of sp³-hybridized carbons (Fsp3) is 0.292. The van der Waals surface area contributed by atoms with E-state index in [4.69, 9.17) is 21.4 Å². The molecule has 2 heterocycles. The maximum atomic E-state index is 13.7. The molecule has 3 atom stereocenters. The lowest BCUT2D eigenvalue weighted by Crippen LogP contribution is -2.41. The first-order chi connectivity index (χ1) is 15.5. The van der Waals surface area contributed by atoms with E-state index in [1.807, 2.05) is 23.1 Å². The van der Waals surface area contributed by atoms with Crippen molar-refractivity contribution in [1.29, 1.82) is 0 Å². The van der Waals surface area contributed by atoms with E-state index in [2.05, 4.69) is 17.1 Å².